The van der Waals surface area contributed by atoms with Crippen LogP contribution >= 0.6 is 0 Å². The highest BCUT2D eigenvalue weighted by atomic mass is 19.4. The van der Waals surface area contributed by atoms with E-state index in [9.17, 15) is 18.3 Å². The van der Waals surface area contributed by atoms with E-state index in [4.69, 9.17) is 0 Å². The lowest BCUT2D eigenvalue weighted by molar-refractivity contribution is -0.154. The van der Waals surface area contributed by atoms with Gasteiger partial charge in [0.2, 0.25) is 0 Å². The van der Waals surface area contributed by atoms with Crippen LogP contribution in [0.4, 0.5) is 13.2 Å². The van der Waals surface area contributed by atoms with Crippen LogP contribution in [-0.2, 0) is 0 Å². The van der Waals surface area contributed by atoms with Gasteiger partial charge >= 0.3 is 6.18 Å². The molecule has 0 heterocycles. The standard InChI is InChI=1S/C11H22F3NO/c1-8(2)15(7-11(12,13)14)6-9(16)10(3,4)5/h8-9,16H,6-7H2,1-5H3. The number of halogens is 3. The average molecular weight is 241 g/mol. The van der Waals surface area contributed by atoms with E-state index >= 15 is 0 Å². The van der Waals surface area contributed by atoms with E-state index < -0.39 is 24.2 Å². The molecule has 0 amide bonds. The number of aliphatic hydroxyl groups is 1. The van der Waals surface area contributed by atoms with Gasteiger partial charge in [0.05, 0.1) is 12.6 Å². The molecular formula is C11H22F3NO. The second-order valence-electron chi connectivity index (χ2n) is 5.52. The Labute approximate surface area is 95.4 Å². The van der Waals surface area contributed by atoms with Crippen molar-refractivity contribution in [2.24, 2.45) is 5.41 Å². The van der Waals surface area contributed by atoms with E-state index in [1.807, 2.05) is 20.8 Å². The fraction of sp³-hybridized carbons (Fsp3) is 1.00. The molecule has 0 spiro atoms. The van der Waals surface area contributed by atoms with Crippen molar-refractivity contribution < 1.29 is 18.3 Å². The Kier molecular flexibility index (Phi) is 5.26. The zero-order chi connectivity index (χ0) is 13.1. The highest BCUT2D eigenvalue weighted by Crippen LogP contribution is 2.23. The van der Waals surface area contributed by atoms with Gasteiger partial charge in [-0.05, 0) is 19.3 Å². The van der Waals surface area contributed by atoms with Gasteiger partial charge < -0.3 is 5.11 Å². The lowest BCUT2D eigenvalue weighted by atomic mass is 9.88. The SMILES string of the molecule is CC(C)N(CC(O)C(C)(C)C)CC(F)(F)F. The van der Waals surface area contributed by atoms with E-state index in [0.29, 0.717) is 0 Å². The number of hydrogen-bond acceptors (Lipinski definition) is 2. The van der Waals surface area contributed by atoms with Crippen LogP contribution in [0.2, 0.25) is 0 Å². The van der Waals surface area contributed by atoms with Gasteiger partial charge in [-0.2, -0.15) is 13.2 Å². The predicted octanol–water partition coefficient (Wildman–Crippen LogP) is 2.67. The lowest BCUT2D eigenvalue weighted by Gasteiger charge is -2.34. The van der Waals surface area contributed by atoms with E-state index in [0.717, 1.165) is 0 Å². The Morgan fingerprint density at radius 1 is 1.12 bits per heavy atom. The molecule has 2 nitrogen and oxygen atoms in total. The van der Waals surface area contributed by atoms with Crippen LogP contribution < -0.4 is 0 Å². The van der Waals surface area contributed by atoms with Gasteiger partial charge in [-0.1, -0.05) is 20.8 Å². The molecule has 0 aliphatic carbocycles. The van der Waals surface area contributed by atoms with Crippen molar-refractivity contribution in [1.82, 2.24) is 4.90 Å². The average Bonchev–Trinajstić information content (AvgIpc) is 1.98. The molecule has 5 heteroatoms. The van der Waals surface area contributed by atoms with Crippen molar-refractivity contribution >= 4 is 0 Å². The smallest absolute Gasteiger partial charge is 0.391 e. The first kappa shape index (κ1) is 15.7. The van der Waals surface area contributed by atoms with Crippen LogP contribution in [0.5, 0.6) is 0 Å². The van der Waals surface area contributed by atoms with Crippen molar-refractivity contribution in [1.29, 1.82) is 0 Å². The third-order valence-electron chi connectivity index (χ3n) is 2.52. The highest BCUT2D eigenvalue weighted by Gasteiger charge is 2.34. The Balaban J connectivity index is 4.47. The monoisotopic (exact) mass is 241 g/mol. The molecule has 0 fully saturated rings. The molecule has 0 saturated heterocycles. The summed E-state index contributed by atoms with van der Waals surface area (Å²) in [6, 6.07) is -0.237. The third kappa shape index (κ3) is 6.33. The van der Waals surface area contributed by atoms with E-state index in [-0.39, 0.29) is 12.6 Å². The largest absolute Gasteiger partial charge is 0.401 e. The maximum absolute atomic E-state index is 12.3. The zero-order valence-corrected chi connectivity index (χ0v) is 10.6. The summed E-state index contributed by atoms with van der Waals surface area (Å²) in [5.74, 6) is 0. The summed E-state index contributed by atoms with van der Waals surface area (Å²) in [4.78, 5) is 1.25. The number of hydrogen-bond donors (Lipinski definition) is 1. The van der Waals surface area contributed by atoms with E-state index in [1.54, 1.807) is 13.8 Å². The molecule has 0 aliphatic heterocycles. The molecule has 0 rings (SSSR count). The summed E-state index contributed by atoms with van der Waals surface area (Å²) >= 11 is 0. The Morgan fingerprint density at radius 3 is 1.81 bits per heavy atom. The van der Waals surface area contributed by atoms with Crippen LogP contribution in [0.1, 0.15) is 34.6 Å². The van der Waals surface area contributed by atoms with E-state index in [2.05, 4.69) is 0 Å². The molecule has 1 unspecified atom stereocenters. The molecule has 0 aromatic carbocycles. The maximum atomic E-state index is 12.3. The zero-order valence-electron chi connectivity index (χ0n) is 10.6. The summed E-state index contributed by atoms with van der Waals surface area (Å²) in [7, 11) is 0. The van der Waals surface area contributed by atoms with Crippen LogP contribution in [0.3, 0.4) is 0 Å². The van der Waals surface area contributed by atoms with Crippen LogP contribution in [0.15, 0.2) is 0 Å². The molecule has 0 aromatic rings. The van der Waals surface area contributed by atoms with Crippen LogP contribution in [0, 0.1) is 5.41 Å². The minimum Gasteiger partial charge on any atom is -0.391 e. The first-order valence-corrected chi connectivity index (χ1v) is 5.42. The molecule has 16 heavy (non-hydrogen) atoms. The summed E-state index contributed by atoms with van der Waals surface area (Å²) in [6.07, 6.45) is -4.99. The maximum Gasteiger partial charge on any atom is 0.401 e. The Morgan fingerprint density at radius 2 is 1.56 bits per heavy atom. The normalized spacial score (nSPS) is 15.9. The highest BCUT2D eigenvalue weighted by molar-refractivity contribution is 4.79. The Hall–Kier alpha value is -0.290. The van der Waals surface area contributed by atoms with Gasteiger partial charge in [0.15, 0.2) is 0 Å². The van der Waals surface area contributed by atoms with Crippen molar-refractivity contribution in [2.75, 3.05) is 13.1 Å². The number of alkyl halides is 3. The fourth-order valence-corrected chi connectivity index (χ4v) is 1.18. The lowest BCUT2D eigenvalue weighted by Crippen LogP contribution is -2.46. The van der Waals surface area contributed by atoms with Crippen molar-refractivity contribution in [2.45, 2.75) is 52.9 Å². The topological polar surface area (TPSA) is 23.5 Å². The molecule has 0 aromatic heterocycles. The molecular weight excluding hydrogens is 219 g/mol. The van der Waals surface area contributed by atoms with Crippen molar-refractivity contribution in [3.05, 3.63) is 0 Å². The molecule has 1 N–H and O–H groups in total. The number of rotatable bonds is 4. The second-order valence-corrected chi connectivity index (χ2v) is 5.52. The molecule has 0 aliphatic rings. The van der Waals surface area contributed by atoms with Crippen molar-refractivity contribution in [3.63, 3.8) is 0 Å². The van der Waals surface area contributed by atoms with Gasteiger partial charge in [-0.25, -0.2) is 0 Å². The minimum absolute atomic E-state index is 0.0423. The van der Waals surface area contributed by atoms with Crippen LogP contribution in [0.25, 0.3) is 0 Å². The summed E-state index contributed by atoms with van der Waals surface area (Å²) in [6.45, 7) is 7.89. The van der Waals surface area contributed by atoms with Gasteiger partial charge in [-0.15, -0.1) is 0 Å². The number of nitrogens with zero attached hydrogens (tertiary/aromatic N) is 1. The predicted molar refractivity (Wildman–Crippen MR) is 58.2 cm³/mol. The third-order valence-corrected chi connectivity index (χ3v) is 2.52. The molecule has 1 atom stereocenters. The first-order valence-electron chi connectivity index (χ1n) is 5.42. The van der Waals surface area contributed by atoms with Gasteiger partial charge in [0.25, 0.3) is 0 Å². The van der Waals surface area contributed by atoms with Gasteiger partial charge in [-0.3, -0.25) is 4.90 Å². The minimum atomic E-state index is -4.22. The first-order chi connectivity index (χ1) is 6.93. The van der Waals surface area contributed by atoms with Crippen LogP contribution in [-0.4, -0.2) is 41.4 Å². The van der Waals surface area contributed by atoms with E-state index in [1.165, 1.54) is 4.90 Å². The number of aliphatic hydroxyl groups excluding tert-OH is 1. The second kappa shape index (κ2) is 5.36. The van der Waals surface area contributed by atoms with Crippen molar-refractivity contribution in [3.8, 4) is 0 Å². The summed E-state index contributed by atoms with van der Waals surface area (Å²) < 4.78 is 36.9. The molecule has 0 saturated carbocycles. The molecule has 0 radical (unpaired) electrons. The van der Waals surface area contributed by atoms with Gasteiger partial charge in [0, 0.05) is 12.6 Å². The summed E-state index contributed by atoms with van der Waals surface area (Å²) in [5.41, 5.74) is -0.404. The summed E-state index contributed by atoms with van der Waals surface area (Å²) in [5, 5.41) is 9.79. The molecule has 98 valence electrons. The Bertz CT molecular complexity index is 208. The van der Waals surface area contributed by atoms with Gasteiger partial charge in [0.1, 0.15) is 0 Å². The fourth-order valence-electron chi connectivity index (χ4n) is 1.18. The quantitative estimate of drug-likeness (QED) is 0.818. The molecule has 0 bridgehead atoms.